The Labute approximate surface area is 131 Å². The lowest BCUT2D eigenvalue weighted by atomic mass is 9.89. The molecule has 2 nitrogen and oxygen atoms in total. The van der Waals surface area contributed by atoms with Crippen LogP contribution in [0.3, 0.4) is 0 Å². The average molecular weight is 353 g/mol. The van der Waals surface area contributed by atoms with Crippen LogP contribution in [0.5, 0.6) is 0 Å². The number of hydrogen-bond acceptors (Lipinski definition) is 1. The van der Waals surface area contributed by atoms with Crippen molar-refractivity contribution in [2.24, 2.45) is 0 Å². The molecule has 1 aromatic carbocycles. The minimum Gasteiger partial charge on any atom is -0.382 e. The Kier molecular flexibility index (Phi) is 3.67. The number of alkyl halides is 5. The molecule has 0 spiro atoms. The first-order valence-electron chi connectivity index (χ1n) is 6.84. The molecule has 130 valence electrons. The van der Waals surface area contributed by atoms with E-state index in [0.717, 1.165) is 16.7 Å². The second-order valence-corrected chi connectivity index (χ2v) is 5.56. The van der Waals surface area contributed by atoms with Crippen molar-refractivity contribution in [3.8, 4) is 5.69 Å². The second kappa shape index (κ2) is 5.23. The minimum atomic E-state index is -5.00. The zero-order valence-corrected chi connectivity index (χ0v) is 11.8. The Morgan fingerprint density at radius 1 is 1.08 bits per heavy atom. The predicted molar refractivity (Wildman–Crippen MR) is 68.9 cm³/mol. The largest absolute Gasteiger partial charge is 0.418 e. The molecule has 2 aromatic rings. The number of aliphatic hydroxyl groups is 1. The maximum Gasteiger partial charge on any atom is 0.418 e. The second-order valence-electron chi connectivity index (χ2n) is 5.56. The summed E-state index contributed by atoms with van der Waals surface area (Å²) >= 11 is 0. The molecule has 0 saturated heterocycles. The fraction of sp³-hybridized carbons (Fsp3) is 0.333. The Hall–Kier alpha value is -2.03. The molecule has 1 N–H and O–H groups in total. The molecule has 0 bridgehead atoms. The molecule has 1 heterocycles. The van der Waals surface area contributed by atoms with Gasteiger partial charge in [-0.25, -0.2) is 17.6 Å². The highest BCUT2D eigenvalue weighted by Crippen LogP contribution is 2.48. The quantitative estimate of drug-likeness (QED) is 0.756. The Balaban J connectivity index is 2.27. The van der Waals surface area contributed by atoms with Gasteiger partial charge in [-0.1, -0.05) is 0 Å². The van der Waals surface area contributed by atoms with Gasteiger partial charge in [0.25, 0.3) is 5.92 Å². The number of rotatable bonds is 1. The van der Waals surface area contributed by atoms with Crippen molar-refractivity contribution in [1.82, 2.24) is 4.57 Å². The van der Waals surface area contributed by atoms with Crippen molar-refractivity contribution in [2.45, 2.75) is 31.0 Å². The van der Waals surface area contributed by atoms with Gasteiger partial charge < -0.3 is 9.67 Å². The lowest BCUT2D eigenvalue weighted by Gasteiger charge is -2.29. The molecule has 0 saturated carbocycles. The van der Waals surface area contributed by atoms with E-state index in [1.54, 1.807) is 0 Å². The van der Waals surface area contributed by atoms with E-state index in [1.165, 1.54) is 0 Å². The topological polar surface area (TPSA) is 25.2 Å². The van der Waals surface area contributed by atoms with Crippen molar-refractivity contribution in [3.63, 3.8) is 0 Å². The fourth-order valence-corrected chi connectivity index (χ4v) is 2.89. The van der Waals surface area contributed by atoms with E-state index in [2.05, 4.69) is 0 Å². The highest BCUT2D eigenvalue weighted by molar-refractivity contribution is 5.46. The third-order valence-electron chi connectivity index (χ3n) is 3.95. The summed E-state index contributed by atoms with van der Waals surface area (Å²) in [5.74, 6) is -5.77. The van der Waals surface area contributed by atoms with Gasteiger partial charge in [-0.3, -0.25) is 0 Å². The standard InChI is InChI=1S/C15H10F7NO/c16-7-3-8(17)5-9(4-7)23-6-10(15(20,21)22)12-11(23)1-2-14(18,19)13(12)24/h3-6,13,24H,1-2H2/t13-/m0/s1. The SMILES string of the molecule is O[C@H]1c2c(C(F)(F)F)cn(-c3cc(F)cc(F)c3)c2CCC1(F)F. The van der Waals surface area contributed by atoms with Crippen molar-refractivity contribution in [2.75, 3.05) is 0 Å². The van der Waals surface area contributed by atoms with Crippen LogP contribution in [0.2, 0.25) is 0 Å². The molecule has 9 heteroatoms. The van der Waals surface area contributed by atoms with Gasteiger partial charge in [0.1, 0.15) is 17.7 Å². The third-order valence-corrected chi connectivity index (χ3v) is 3.95. The molecule has 0 aliphatic heterocycles. The number of aliphatic hydroxyl groups excluding tert-OH is 1. The summed E-state index contributed by atoms with van der Waals surface area (Å²) in [6.45, 7) is 0. The van der Waals surface area contributed by atoms with E-state index in [1.807, 2.05) is 0 Å². The Bertz CT molecular complexity index is 774. The summed E-state index contributed by atoms with van der Waals surface area (Å²) in [5.41, 5.74) is -2.93. The molecule has 1 atom stereocenters. The Morgan fingerprint density at radius 3 is 2.21 bits per heavy atom. The van der Waals surface area contributed by atoms with Crippen molar-refractivity contribution < 1.29 is 35.8 Å². The minimum absolute atomic E-state index is 0.245. The van der Waals surface area contributed by atoms with Crippen LogP contribution < -0.4 is 0 Å². The highest BCUT2D eigenvalue weighted by atomic mass is 19.4. The van der Waals surface area contributed by atoms with E-state index in [9.17, 15) is 35.8 Å². The summed E-state index contributed by atoms with van der Waals surface area (Å²) in [6.07, 6.45) is -8.52. The maximum atomic E-state index is 13.6. The van der Waals surface area contributed by atoms with Crippen LogP contribution in [0.1, 0.15) is 29.3 Å². The first kappa shape index (κ1) is 16.8. The summed E-state index contributed by atoms with van der Waals surface area (Å²) in [4.78, 5) is 0. The number of aromatic nitrogens is 1. The van der Waals surface area contributed by atoms with Crippen LogP contribution >= 0.6 is 0 Å². The van der Waals surface area contributed by atoms with E-state index < -0.39 is 53.8 Å². The van der Waals surface area contributed by atoms with Gasteiger partial charge >= 0.3 is 6.18 Å². The monoisotopic (exact) mass is 353 g/mol. The smallest absolute Gasteiger partial charge is 0.382 e. The number of benzene rings is 1. The molecule has 1 aliphatic rings. The van der Waals surface area contributed by atoms with Crippen LogP contribution in [0.4, 0.5) is 30.7 Å². The zero-order valence-electron chi connectivity index (χ0n) is 11.8. The van der Waals surface area contributed by atoms with Gasteiger partial charge in [0.2, 0.25) is 0 Å². The van der Waals surface area contributed by atoms with Gasteiger partial charge in [0.05, 0.1) is 11.3 Å². The molecule has 3 rings (SSSR count). The highest BCUT2D eigenvalue weighted by Gasteiger charge is 2.50. The predicted octanol–water partition coefficient (Wildman–Crippen LogP) is 4.39. The summed E-state index contributed by atoms with van der Waals surface area (Å²) in [5, 5.41) is 9.69. The molecular formula is C15H10F7NO. The Morgan fingerprint density at radius 2 is 1.67 bits per heavy atom. The molecule has 24 heavy (non-hydrogen) atoms. The third kappa shape index (κ3) is 2.66. The van der Waals surface area contributed by atoms with Crippen LogP contribution in [-0.4, -0.2) is 15.6 Å². The molecule has 1 aromatic heterocycles. The van der Waals surface area contributed by atoms with Crippen LogP contribution in [0, 0.1) is 11.6 Å². The lowest BCUT2D eigenvalue weighted by Crippen LogP contribution is -2.33. The maximum absolute atomic E-state index is 13.6. The lowest BCUT2D eigenvalue weighted by molar-refractivity contribution is -0.147. The molecule has 0 amide bonds. The van der Waals surface area contributed by atoms with Crippen LogP contribution in [0.25, 0.3) is 5.69 Å². The van der Waals surface area contributed by atoms with E-state index in [4.69, 9.17) is 0 Å². The van der Waals surface area contributed by atoms with E-state index >= 15 is 0 Å². The molecular weight excluding hydrogens is 343 g/mol. The van der Waals surface area contributed by atoms with Gasteiger partial charge in [0, 0.05) is 29.9 Å². The van der Waals surface area contributed by atoms with Crippen LogP contribution in [0.15, 0.2) is 24.4 Å². The number of halogens is 7. The summed E-state index contributed by atoms with van der Waals surface area (Å²) in [7, 11) is 0. The molecule has 0 unspecified atom stereocenters. The van der Waals surface area contributed by atoms with Crippen LogP contribution in [-0.2, 0) is 12.6 Å². The first-order chi connectivity index (χ1) is 11.0. The van der Waals surface area contributed by atoms with E-state index in [-0.39, 0.29) is 11.4 Å². The van der Waals surface area contributed by atoms with Gasteiger partial charge in [-0.2, -0.15) is 13.2 Å². The number of nitrogens with zero attached hydrogens (tertiary/aromatic N) is 1. The number of fused-ring (bicyclic) bond motifs is 1. The first-order valence-corrected chi connectivity index (χ1v) is 6.84. The zero-order chi connectivity index (χ0) is 17.9. The summed E-state index contributed by atoms with van der Waals surface area (Å²) in [6, 6.07) is 2.10. The summed E-state index contributed by atoms with van der Waals surface area (Å²) < 4.78 is 94.3. The van der Waals surface area contributed by atoms with Gasteiger partial charge in [-0.05, 0) is 18.6 Å². The molecule has 0 fully saturated rings. The molecule has 0 radical (unpaired) electrons. The van der Waals surface area contributed by atoms with Crippen molar-refractivity contribution in [3.05, 3.63) is 52.9 Å². The van der Waals surface area contributed by atoms with Gasteiger partial charge in [-0.15, -0.1) is 0 Å². The van der Waals surface area contributed by atoms with Gasteiger partial charge in [0.15, 0.2) is 0 Å². The average Bonchev–Trinajstić information content (AvgIpc) is 2.82. The normalized spacial score (nSPS) is 20.1. The number of hydrogen-bond donors (Lipinski definition) is 1. The van der Waals surface area contributed by atoms with E-state index in [0.29, 0.717) is 12.3 Å². The fourth-order valence-electron chi connectivity index (χ4n) is 2.89. The van der Waals surface area contributed by atoms with Crippen molar-refractivity contribution in [1.29, 1.82) is 0 Å². The molecule has 1 aliphatic carbocycles. The van der Waals surface area contributed by atoms with Crippen molar-refractivity contribution >= 4 is 0 Å².